The van der Waals surface area contributed by atoms with Gasteiger partial charge in [-0.15, -0.1) is 0 Å². The Hall–Kier alpha value is -2.73. The monoisotopic (exact) mass is 600 g/mol. The van der Waals surface area contributed by atoms with Gasteiger partial charge in [0.1, 0.15) is 11.9 Å². The zero-order chi connectivity index (χ0) is 30.1. The van der Waals surface area contributed by atoms with Crippen LogP contribution < -0.4 is 0 Å². The zero-order valence-corrected chi connectivity index (χ0v) is 23.7. The summed E-state index contributed by atoms with van der Waals surface area (Å²) in [5.41, 5.74) is -3.11. The van der Waals surface area contributed by atoms with Crippen LogP contribution in [0.3, 0.4) is 0 Å². The molecule has 2 N–H and O–H groups in total. The molecule has 3 aliphatic rings. The number of carbonyl (C=O) groups excluding carboxylic acids is 1. The molecule has 3 fully saturated rings. The van der Waals surface area contributed by atoms with Gasteiger partial charge in [0.25, 0.3) is 5.91 Å². The summed E-state index contributed by atoms with van der Waals surface area (Å²) in [4.78, 5) is 30.4. The molecule has 0 spiro atoms. The lowest BCUT2D eigenvalue weighted by Crippen LogP contribution is -2.43. The molecule has 0 aliphatic heterocycles. The Morgan fingerprint density at radius 3 is 2.29 bits per heavy atom. The summed E-state index contributed by atoms with van der Waals surface area (Å²) in [7, 11) is 0. The lowest BCUT2D eigenvalue weighted by molar-refractivity contribution is -0.152. The van der Waals surface area contributed by atoms with Crippen LogP contribution in [0, 0.1) is 28.5 Å². The first-order chi connectivity index (χ1) is 19.1. The molecule has 4 atom stereocenters. The number of fused-ring (bicyclic) bond motifs is 1. The molecule has 0 aromatic carbocycles. The number of aliphatic carboxylic acids is 1. The van der Waals surface area contributed by atoms with Crippen LogP contribution in [0.2, 0.25) is 5.02 Å². The molecule has 2 aromatic rings. The van der Waals surface area contributed by atoms with E-state index in [0.29, 0.717) is 12.8 Å². The minimum atomic E-state index is -4.93. The number of aliphatic hydroxyl groups is 1. The number of hydrogen-bond acceptors (Lipinski definition) is 5. The largest absolute Gasteiger partial charge is 0.481 e. The van der Waals surface area contributed by atoms with Crippen LogP contribution in [0.1, 0.15) is 93.1 Å². The van der Waals surface area contributed by atoms with Gasteiger partial charge in [-0.3, -0.25) is 19.3 Å². The Morgan fingerprint density at radius 1 is 1.15 bits per heavy atom. The number of rotatable bonds is 7. The Morgan fingerprint density at radius 2 is 1.76 bits per heavy atom. The molecular weight excluding hydrogens is 568 g/mol. The second-order valence-electron chi connectivity index (χ2n) is 12.6. The van der Waals surface area contributed by atoms with Gasteiger partial charge in [-0.05, 0) is 62.7 Å². The van der Waals surface area contributed by atoms with Crippen molar-refractivity contribution >= 4 is 23.5 Å². The van der Waals surface area contributed by atoms with Crippen molar-refractivity contribution in [2.75, 3.05) is 6.54 Å². The van der Waals surface area contributed by atoms with Crippen molar-refractivity contribution in [1.82, 2.24) is 19.7 Å². The van der Waals surface area contributed by atoms with E-state index < -0.39 is 65.3 Å². The number of amides is 1. The van der Waals surface area contributed by atoms with Gasteiger partial charge < -0.3 is 15.1 Å². The van der Waals surface area contributed by atoms with Crippen molar-refractivity contribution in [2.45, 2.75) is 83.7 Å². The molecule has 0 radical (unpaired) electrons. The van der Waals surface area contributed by atoms with E-state index in [4.69, 9.17) is 11.6 Å². The number of pyridine rings is 1. The minimum Gasteiger partial charge on any atom is -0.481 e. The quantitative estimate of drug-likeness (QED) is 0.383. The normalized spacial score (nSPS) is 29.6. The van der Waals surface area contributed by atoms with Gasteiger partial charge in [0.2, 0.25) is 0 Å². The standard InChI is InChI=1S/C28H33ClF4N4O4/c1-26(2)17-8-15(9-18(17)26)36(13-21(38)22-19(29)11-34-12-20(22)30)24(39)16-10-35-37(23(16)28(31,32)33)14-4-6-27(3,7-5-14)25(40)41/h10-12,14-15,17-18,21,38H,4-9,13H2,1-3H3,(H,40,41)/t14-,15-,17+,18-,21-,27-/m0/s1. The van der Waals surface area contributed by atoms with Gasteiger partial charge >= 0.3 is 12.1 Å². The Balaban J connectivity index is 1.47. The number of aromatic nitrogens is 3. The van der Waals surface area contributed by atoms with Crippen molar-refractivity contribution in [3.05, 3.63) is 46.3 Å². The van der Waals surface area contributed by atoms with E-state index in [2.05, 4.69) is 23.9 Å². The van der Waals surface area contributed by atoms with Crippen molar-refractivity contribution in [3.63, 3.8) is 0 Å². The summed E-state index contributed by atoms with van der Waals surface area (Å²) in [5.74, 6) is -2.26. The van der Waals surface area contributed by atoms with E-state index in [1.165, 1.54) is 4.90 Å². The highest BCUT2D eigenvalue weighted by atomic mass is 35.5. The van der Waals surface area contributed by atoms with Gasteiger partial charge in [-0.2, -0.15) is 18.3 Å². The number of carboxylic acids is 1. The Kier molecular flexibility index (Phi) is 7.41. The first-order valence-electron chi connectivity index (χ1n) is 13.7. The van der Waals surface area contributed by atoms with Crippen LogP contribution in [-0.4, -0.2) is 54.3 Å². The molecule has 2 heterocycles. The predicted molar refractivity (Wildman–Crippen MR) is 139 cm³/mol. The van der Waals surface area contributed by atoms with Gasteiger partial charge in [0.15, 0.2) is 5.69 Å². The van der Waals surface area contributed by atoms with Gasteiger partial charge in [0, 0.05) is 17.8 Å². The van der Waals surface area contributed by atoms with Gasteiger partial charge in [-0.1, -0.05) is 25.4 Å². The fourth-order valence-electron chi connectivity index (χ4n) is 7.08. The van der Waals surface area contributed by atoms with E-state index in [9.17, 15) is 37.4 Å². The summed E-state index contributed by atoms with van der Waals surface area (Å²) in [5, 5.41) is 24.3. The maximum absolute atomic E-state index is 14.5. The molecular formula is C28H33ClF4N4O4. The molecule has 2 aromatic heterocycles. The van der Waals surface area contributed by atoms with Crippen LogP contribution in [-0.2, 0) is 11.0 Å². The number of halogens is 5. The summed E-state index contributed by atoms with van der Waals surface area (Å²) < 4.78 is 59.0. The third kappa shape index (κ3) is 5.22. The lowest BCUT2D eigenvalue weighted by atomic mass is 9.74. The fraction of sp³-hybridized carbons (Fsp3) is 0.643. The van der Waals surface area contributed by atoms with Crippen molar-refractivity contribution < 1.29 is 37.4 Å². The van der Waals surface area contributed by atoms with Crippen molar-refractivity contribution in [3.8, 4) is 0 Å². The highest BCUT2D eigenvalue weighted by Gasteiger charge is 2.63. The topological polar surface area (TPSA) is 109 Å². The summed E-state index contributed by atoms with van der Waals surface area (Å²) >= 11 is 6.08. The molecule has 41 heavy (non-hydrogen) atoms. The van der Waals surface area contributed by atoms with Crippen LogP contribution in [0.25, 0.3) is 0 Å². The lowest BCUT2D eigenvalue weighted by Gasteiger charge is -2.35. The highest BCUT2D eigenvalue weighted by molar-refractivity contribution is 6.31. The van der Waals surface area contributed by atoms with E-state index in [1.807, 2.05) is 0 Å². The number of hydrogen-bond donors (Lipinski definition) is 2. The third-order valence-corrected chi connectivity index (χ3v) is 10.2. The maximum atomic E-state index is 14.5. The average molecular weight is 601 g/mol. The van der Waals surface area contributed by atoms with Crippen LogP contribution in [0.4, 0.5) is 17.6 Å². The third-order valence-electron chi connectivity index (χ3n) is 9.85. The second-order valence-corrected chi connectivity index (χ2v) is 13.0. The van der Waals surface area contributed by atoms with E-state index in [-0.39, 0.29) is 53.5 Å². The molecule has 0 unspecified atom stereocenters. The number of carboxylic acid groups (broad SMARTS) is 1. The maximum Gasteiger partial charge on any atom is 0.433 e. The molecule has 1 amide bonds. The Labute approximate surface area is 239 Å². The number of alkyl halides is 3. The molecule has 3 aliphatic carbocycles. The van der Waals surface area contributed by atoms with Crippen molar-refractivity contribution in [1.29, 1.82) is 0 Å². The zero-order valence-electron chi connectivity index (χ0n) is 23.0. The molecule has 13 heteroatoms. The molecule has 224 valence electrons. The van der Waals surface area contributed by atoms with E-state index in [0.717, 1.165) is 23.3 Å². The van der Waals surface area contributed by atoms with Crippen LogP contribution in [0.5, 0.6) is 0 Å². The van der Waals surface area contributed by atoms with Crippen molar-refractivity contribution in [2.24, 2.45) is 22.7 Å². The molecule has 5 rings (SSSR count). The second kappa shape index (κ2) is 10.2. The summed E-state index contributed by atoms with van der Waals surface area (Å²) in [6, 6.07) is -1.19. The first-order valence-corrected chi connectivity index (χ1v) is 14.1. The van der Waals surface area contributed by atoms with E-state index in [1.54, 1.807) is 6.92 Å². The molecule has 3 saturated carbocycles. The van der Waals surface area contributed by atoms with Crippen LogP contribution >= 0.6 is 11.6 Å². The molecule has 0 bridgehead atoms. The summed E-state index contributed by atoms with van der Waals surface area (Å²) in [6.45, 7) is 5.32. The predicted octanol–water partition coefficient (Wildman–Crippen LogP) is 5.91. The van der Waals surface area contributed by atoms with Gasteiger partial charge in [0.05, 0.1) is 41.0 Å². The SMILES string of the molecule is CC1(C)[C@@H]2C[C@H](N(C[C@H](O)c3c(F)cncc3Cl)C(=O)c3cnn([C@H]4CC[C@](C)(C(=O)O)CC4)c3C(F)(F)F)C[C@@H]21. The van der Waals surface area contributed by atoms with Crippen LogP contribution in [0.15, 0.2) is 18.6 Å². The smallest absolute Gasteiger partial charge is 0.433 e. The first kappa shape index (κ1) is 29.8. The molecule has 0 saturated heterocycles. The van der Waals surface area contributed by atoms with Gasteiger partial charge in [-0.25, -0.2) is 4.39 Å². The fourth-order valence-corrected chi connectivity index (χ4v) is 7.35. The summed E-state index contributed by atoms with van der Waals surface area (Å²) in [6.07, 6.45) is -1.86. The highest BCUT2D eigenvalue weighted by Crippen LogP contribution is 2.67. The minimum absolute atomic E-state index is 0.0673. The number of carbonyl (C=O) groups is 2. The average Bonchev–Trinajstić information content (AvgIpc) is 3.30. The number of nitrogens with zero attached hydrogens (tertiary/aromatic N) is 4. The van der Waals surface area contributed by atoms with E-state index >= 15 is 0 Å². The number of aliphatic hydroxyl groups excluding tert-OH is 1. The Bertz CT molecular complexity index is 1320. The molecule has 8 nitrogen and oxygen atoms in total.